The Kier molecular flexibility index (Phi) is 8.12. The van der Waals surface area contributed by atoms with Crippen LogP contribution in [0.15, 0.2) is 42.5 Å². The highest BCUT2D eigenvalue weighted by Gasteiger charge is 2.22. The number of nitrogens with one attached hydrogen (secondary N) is 2. The van der Waals surface area contributed by atoms with Crippen LogP contribution in [-0.4, -0.2) is 48.0 Å². The van der Waals surface area contributed by atoms with Crippen LogP contribution < -0.4 is 15.5 Å². The van der Waals surface area contributed by atoms with Crippen molar-refractivity contribution in [3.05, 3.63) is 58.1 Å². The summed E-state index contributed by atoms with van der Waals surface area (Å²) in [6, 6.07) is 12.2. The number of hydrogen-bond acceptors (Lipinski definition) is 4. The quantitative estimate of drug-likeness (QED) is 0.616. The van der Waals surface area contributed by atoms with E-state index in [0.717, 1.165) is 12.1 Å². The van der Waals surface area contributed by atoms with Gasteiger partial charge in [-0.2, -0.15) is 0 Å². The Balaban J connectivity index is 1.68. The third-order valence-corrected chi connectivity index (χ3v) is 5.76. The van der Waals surface area contributed by atoms with Gasteiger partial charge in [0.25, 0.3) is 5.91 Å². The van der Waals surface area contributed by atoms with Gasteiger partial charge in [-0.1, -0.05) is 42.3 Å². The Hall–Kier alpha value is -2.35. The summed E-state index contributed by atoms with van der Waals surface area (Å²) in [6.07, 6.45) is 1.43. The molecule has 31 heavy (non-hydrogen) atoms. The molecule has 9 heteroatoms. The first kappa shape index (κ1) is 23.3. The molecular weight excluding hydrogens is 455 g/mol. The lowest BCUT2D eigenvalue weighted by Crippen LogP contribution is -2.49. The van der Waals surface area contributed by atoms with Crippen LogP contribution >= 0.6 is 35.4 Å². The molecule has 0 saturated carbocycles. The zero-order valence-corrected chi connectivity index (χ0v) is 19.5. The summed E-state index contributed by atoms with van der Waals surface area (Å²) >= 11 is 17.6. The number of amides is 2. The van der Waals surface area contributed by atoms with Gasteiger partial charge in [-0.3, -0.25) is 14.9 Å². The minimum Gasteiger partial charge on any atom is -0.366 e. The molecule has 2 aromatic rings. The summed E-state index contributed by atoms with van der Waals surface area (Å²) in [7, 11) is 0. The molecule has 0 aliphatic carbocycles. The van der Waals surface area contributed by atoms with E-state index in [2.05, 4.69) is 15.5 Å². The standard InChI is InChI=1S/C22H24Cl2N4O2S/c1-2-5-20(29)28-12-10-27(11-13-28)19-9-8-15(23)14-18(19)25-22(31)26-21(30)16-6-3-4-7-17(16)24/h3-4,6-9,14H,2,5,10-13H2,1H3,(H2,25,26,30,31). The molecule has 1 heterocycles. The van der Waals surface area contributed by atoms with Crippen LogP contribution in [0.1, 0.15) is 30.1 Å². The van der Waals surface area contributed by atoms with Gasteiger partial charge < -0.3 is 15.1 Å². The van der Waals surface area contributed by atoms with Crippen molar-refractivity contribution >= 4 is 63.7 Å². The van der Waals surface area contributed by atoms with E-state index in [1.54, 1.807) is 30.3 Å². The lowest BCUT2D eigenvalue weighted by molar-refractivity contribution is -0.131. The van der Waals surface area contributed by atoms with Gasteiger partial charge in [0, 0.05) is 37.6 Å². The van der Waals surface area contributed by atoms with Gasteiger partial charge in [-0.05, 0) is 49.0 Å². The predicted octanol–water partition coefficient (Wildman–Crippen LogP) is 4.57. The summed E-state index contributed by atoms with van der Waals surface area (Å²) in [4.78, 5) is 28.7. The first-order valence-corrected chi connectivity index (χ1v) is 11.2. The highest BCUT2D eigenvalue weighted by Crippen LogP contribution is 2.30. The van der Waals surface area contributed by atoms with Gasteiger partial charge in [-0.25, -0.2) is 0 Å². The molecule has 1 saturated heterocycles. The molecule has 0 atom stereocenters. The maximum Gasteiger partial charge on any atom is 0.258 e. The van der Waals surface area contributed by atoms with E-state index in [1.807, 2.05) is 24.0 Å². The molecule has 0 spiro atoms. The fraction of sp³-hybridized carbons (Fsp3) is 0.318. The van der Waals surface area contributed by atoms with Gasteiger partial charge in [-0.15, -0.1) is 0 Å². The number of carbonyl (C=O) groups is 2. The molecule has 0 bridgehead atoms. The van der Waals surface area contributed by atoms with Gasteiger partial charge in [0.1, 0.15) is 0 Å². The molecule has 0 radical (unpaired) electrons. The molecule has 1 fully saturated rings. The molecule has 6 nitrogen and oxygen atoms in total. The van der Waals surface area contributed by atoms with Crippen molar-refractivity contribution in [3.63, 3.8) is 0 Å². The third-order valence-electron chi connectivity index (χ3n) is 4.99. The number of halogens is 2. The van der Waals surface area contributed by atoms with Gasteiger partial charge >= 0.3 is 0 Å². The van der Waals surface area contributed by atoms with Crippen LogP contribution in [0.3, 0.4) is 0 Å². The Morgan fingerprint density at radius 2 is 1.77 bits per heavy atom. The van der Waals surface area contributed by atoms with Crippen molar-refractivity contribution in [2.75, 3.05) is 36.4 Å². The Morgan fingerprint density at radius 3 is 2.45 bits per heavy atom. The summed E-state index contributed by atoms with van der Waals surface area (Å²) in [5.74, 6) is -0.199. The molecule has 164 valence electrons. The smallest absolute Gasteiger partial charge is 0.258 e. The lowest BCUT2D eigenvalue weighted by Gasteiger charge is -2.37. The van der Waals surface area contributed by atoms with Crippen LogP contribution in [0, 0.1) is 0 Å². The number of carbonyl (C=O) groups excluding carboxylic acids is 2. The zero-order chi connectivity index (χ0) is 22.4. The second kappa shape index (κ2) is 10.8. The van der Waals surface area contributed by atoms with Gasteiger partial charge in [0.05, 0.1) is 22.0 Å². The van der Waals surface area contributed by atoms with E-state index in [-0.39, 0.29) is 11.0 Å². The number of piperazine rings is 1. The summed E-state index contributed by atoms with van der Waals surface area (Å²) < 4.78 is 0. The molecule has 1 aliphatic heterocycles. The van der Waals surface area contributed by atoms with Crippen LogP contribution in [0.2, 0.25) is 10.0 Å². The number of nitrogens with zero attached hydrogens (tertiary/aromatic N) is 2. The zero-order valence-electron chi connectivity index (χ0n) is 17.2. The third kappa shape index (κ3) is 6.09. The monoisotopic (exact) mass is 478 g/mol. The van der Waals surface area contributed by atoms with E-state index in [0.29, 0.717) is 53.9 Å². The maximum absolute atomic E-state index is 12.5. The topological polar surface area (TPSA) is 64.7 Å². The molecule has 1 aliphatic rings. The van der Waals surface area contributed by atoms with Crippen LogP contribution in [0.4, 0.5) is 11.4 Å². The number of rotatable bonds is 5. The average Bonchev–Trinajstić information content (AvgIpc) is 2.74. The summed E-state index contributed by atoms with van der Waals surface area (Å²) in [5, 5.41) is 6.76. The van der Waals surface area contributed by atoms with Crippen molar-refractivity contribution in [1.82, 2.24) is 10.2 Å². The van der Waals surface area contributed by atoms with Crippen molar-refractivity contribution in [1.29, 1.82) is 0 Å². The predicted molar refractivity (Wildman–Crippen MR) is 130 cm³/mol. The van der Waals surface area contributed by atoms with E-state index in [1.165, 1.54) is 0 Å². The Morgan fingerprint density at radius 1 is 1.06 bits per heavy atom. The normalized spacial score (nSPS) is 13.6. The first-order valence-electron chi connectivity index (χ1n) is 10.1. The minimum atomic E-state index is -0.394. The molecular formula is C22H24Cl2N4O2S. The summed E-state index contributed by atoms with van der Waals surface area (Å²) in [5.41, 5.74) is 1.93. The molecule has 2 amide bonds. The van der Waals surface area contributed by atoms with E-state index >= 15 is 0 Å². The highest BCUT2D eigenvalue weighted by atomic mass is 35.5. The van der Waals surface area contributed by atoms with Crippen molar-refractivity contribution in [3.8, 4) is 0 Å². The molecule has 3 rings (SSSR count). The van der Waals surface area contributed by atoms with E-state index in [4.69, 9.17) is 35.4 Å². The minimum absolute atomic E-state index is 0.144. The number of benzene rings is 2. The SMILES string of the molecule is CCCC(=O)N1CCN(c2ccc(Cl)cc2NC(=S)NC(=O)c2ccccc2Cl)CC1. The Labute approximate surface area is 197 Å². The van der Waals surface area contributed by atoms with Crippen LogP contribution in [0.5, 0.6) is 0 Å². The average molecular weight is 479 g/mol. The fourth-order valence-electron chi connectivity index (χ4n) is 3.42. The van der Waals surface area contributed by atoms with Crippen LogP contribution in [-0.2, 0) is 4.79 Å². The molecule has 0 unspecified atom stereocenters. The van der Waals surface area contributed by atoms with Crippen molar-refractivity contribution < 1.29 is 9.59 Å². The summed E-state index contributed by atoms with van der Waals surface area (Å²) in [6.45, 7) is 4.73. The maximum atomic E-state index is 12.5. The number of hydrogen-bond donors (Lipinski definition) is 2. The fourth-order valence-corrected chi connectivity index (χ4v) is 4.02. The van der Waals surface area contributed by atoms with Gasteiger partial charge in [0.2, 0.25) is 5.91 Å². The second-order valence-electron chi connectivity index (χ2n) is 7.17. The van der Waals surface area contributed by atoms with E-state index < -0.39 is 5.91 Å². The molecule has 2 aromatic carbocycles. The number of anilines is 2. The molecule has 2 N–H and O–H groups in total. The second-order valence-corrected chi connectivity index (χ2v) is 8.42. The first-order chi connectivity index (χ1) is 14.9. The highest BCUT2D eigenvalue weighted by molar-refractivity contribution is 7.80. The van der Waals surface area contributed by atoms with Crippen molar-refractivity contribution in [2.45, 2.75) is 19.8 Å². The molecule has 0 aromatic heterocycles. The van der Waals surface area contributed by atoms with Gasteiger partial charge in [0.15, 0.2) is 5.11 Å². The Bertz CT molecular complexity index is 978. The van der Waals surface area contributed by atoms with Crippen molar-refractivity contribution in [2.24, 2.45) is 0 Å². The largest absolute Gasteiger partial charge is 0.366 e. The lowest BCUT2D eigenvalue weighted by atomic mass is 10.2. The van der Waals surface area contributed by atoms with Crippen LogP contribution in [0.25, 0.3) is 0 Å². The number of thiocarbonyl (C=S) groups is 1. The van der Waals surface area contributed by atoms with E-state index in [9.17, 15) is 9.59 Å².